The highest BCUT2D eigenvalue weighted by Gasteiger charge is 2.50. The standard InChI is InChI=1S/C120H82B2N6/c1-12-43-83(44-13-1)96-65-34-37-74-107(96)126-110-82-111-106(121-103-72-35-38-75-108(103)125(93-63-32-11-33-64-93)112-77-94(123(90-57-26-8-27-58-90)91-59-28-9-29-60-91)78-115(116(112)121)128(111)120-101(88-53-22-6-23-54-88)70-42-71-102(120)89-55-24-7-25-56-89)81-105(110)122-104-73-36-39-76-109(104)127(119-99(86-49-18-4-19-50-86)68-41-69-100(119)87-51-20-5-21-52-87)114-80-95(79-113(126)117(114)122)124(92-61-30-10-31-62-92)118-97(84-45-14-2-15-46-84)66-40-67-98(118)85-47-16-3-17-48-85/h1-82H. The van der Waals surface area contributed by atoms with Crippen molar-refractivity contribution in [1.82, 2.24) is 0 Å². The first-order chi connectivity index (χ1) is 63.6. The van der Waals surface area contributed by atoms with Crippen LogP contribution in [0.2, 0.25) is 0 Å². The van der Waals surface area contributed by atoms with Crippen molar-refractivity contribution in [2.45, 2.75) is 0 Å². The fourth-order valence-electron chi connectivity index (χ4n) is 20.8. The van der Waals surface area contributed by atoms with Gasteiger partial charge in [-0.2, -0.15) is 0 Å². The van der Waals surface area contributed by atoms with Gasteiger partial charge in [-0.05, 0) is 169 Å². The van der Waals surface area contributed by atoms with E-state index in [0.29, 0.717) is 0 Å². The summed E-state index contributed by atoms with van der Waals surface area (Å²) in [5, 5.41) is 0. The molecule has 128 heavy (non-hydrogen) atoms. The molecule has 8 heteroatoms. The Bertz CT molecular complexity index is 7360. The smallest absolute Gasteiger partial charge is 0.252 e. The molecule has 598 valence electrons. The number of benzene rings is 20. The Morgan fingerprint density at radius 3 is 0.820 bits per heavy atom. The van der Waals surface area contributed by atoms with Crippen LogP contribution >= 0.6 is 0 Å². The maximum atomic E-state index is 2.72. The van der Waals surface area contributed by atoms with Gasteiger partial charge in [0.05, 0.1) is 34.1 Å². The summed E-state index contributed by atoms with van der Waals surface area (Å²) in [5.74, 6) is 0. The molecule has 0 amide bonds. The topological polar surface area (TPSA) is 19.4 Å². The van der Waals surface area contributed by atoms with Crippen molar-refractivity contribution in [3.8, 4) is 77.9 Å². The monoisotopic (exact) mass is 1630 g/mol. The molecule has 20 aromatic rings. The summed E-state index contributed by atoms with van der Waals surface area (Å²) in [4.78, 5) is 15.7. The maximum absolute atomic E-state index is 2.72. The fourth-order valence-corrected chi connectivity index (χ4v) is 20.8. The van der Waals surface area contributed by atoms with Gasteiger partial charge in [0.1, 0.15) is 0 Å². The summed E-state index contributed by atoms with van der Waals surface area (Å²) in [6.07, 6.45) is 0. The zero-order valence-electron chi connectivity index (χ0n) is 70.2. The highest BCUT2D eigenvalue weighted by Crippen LogP contribution is 2.58. The van der Waals surface area contributed by atoms with Crippen LogP contribution < -0.4 is 62.2 Å². The molecule has 0 saturated heterocycles. The van der Waals surface area contributed by atoms with Crippen molar-refractivity contribution in [3.05, 3.63) is 497 Å². The molecule has 20 aromatic carbocycles. The summed E-state index contributed by atoms with van der Waals surface area (Å²) in [6, 6.07) is 186. The molecule has 6 nitrogen and oxygen atoms in total. The molecule has 4 aliphatic heterocycles. The Hall–Kier alpha value is -16.7. The predicted octanol–water partition coefficient (Wildman–Crippen LogP) is 28.5. The van der Waals surface area contributed by atoms with Gasteiger partial charge in [-0.3, -0.25) is 0 Å². The van der Waals surface area contributed by atoms with E-state index in [1.54, 1.807) is 0 Å². The minimum absolute atomic E-state index is 0.328. The number of anilines is 18. The summed E-state index contributed by atoms with van der Waals surface area (Å²) in [7, 11) is 0. The first-order valence-electron chi connectivity index (χ1n) is 44.2. The molecule has 0 unspecified atom stereocenters. The molecule has 0 fully saturated rings. The molecule has 4 aliphatic rings. The van der Waals surface area contributed by atoms with Gasteiger partial charge in [0.15, 0.2) is 0 Å². The number of hydrogen-bond donors (Lipinski definition) is 0. The zero-order valence-corrected chi connectivity index (χ0v) is 70.2. The van der Waals surface area contributed by atoms with E-state index in [0.717, 1.165) is 180 Å². The molecule has 0 saturated carbocycles. The van der Waals surface area contributed by atoms with Crippen molar-refractivity contribution in [2.24, 2.45) is 0 Å². The van der Waals surface area contributed by atoms with Gasteiger partial charge in [0.2, 0.25) is 0 Å². The molecule has 4 heterocycles. The van der Waals surface area contributed by atoms with E-state index >= 15 is 0 Å². The largest absolute Gasteiger partial charge is 0.311 e. The molecular weight excluding hydrogens is 1550 g/mol. The lowest BCUT2D eigenvalue weighted by atomic mass is 9.30. The molecule has 0 N–H and O–H groups in total. The quantitative estimate of drug-likeness (QED) is 0.0841. The first-order valence-corrected chi connectivity index (χ1v) is 44.2. The van der Waals surface area contributed by atoms with E-state index in [1.165, 1.54) is 32.8 Å². The summed E-state index contributed by atoms with van der Waals surface area (Å²) in [6.45, 7) is -0.712. The summed E-state index contributed by atoms with van der Waals surface area (Å²) < 4.78 is 0. The minimum Gasteiger partial charge on any atom is -0.311 e. The molecular formula is C120H82B2N6. The number of hydrogen-bond acceptors (Lipinski definition) is 6. The van der Waals surface area contributed by atoms with Gasteiger partial charge in [-0.1, -0.05) is 400 Å². The van der Waals surface area contributed by atoms with E-state index in [9.17, 15) is 0 Å². The lowest BCUT2D eigenvalue weighted by Gasteiger charge is -2.48. The molecule has 0 radical (unpaired) electrons. The van der Waals surface area contributed by atoms with E-state index in [2.05, 4.69) is 527 Å². The van der Waals surface area contributed by atoms with E-state index < -0.39 is 0 Å². The van der Waals surface area contributed by atoms with Crippen molar-refractivity contribution >= 4 is 149 Å². The average molecular weight is 1630 g/mol. The highest BCUT2D eigenvalue weighted by atomic mass is 15.2. The van der Waals surface area contributed by atoms with Crippen LogP contribution in [0, 0.1) is 0 Å². The molecule has 0 aliphatic carbocycles. The van der Waals surface area contributed by atoms with Crippen molar-refractivity contribution < 1.29 is 0 Å². The third kappa shape index (κ3) is 12.7. The van der Waals surface area contributed by atoms with Gasteiger partial charge in [-0.15, -0.1) is 0 Å². The third-order valence-corrected chi connectivity index (χ3v) is 26.1. The Labute approximate surface area is 748 Å². The van der Waals surface area contributed by atoms with Crippen LogP contribution in [0.25, 0.3) is 77.9 Å². The molecule has 24 rings (SSSR count). The van der Waals surface area contributed by atoms with Gasteiger partial charge >= 0.3 is 0 Å². The highest BCUT2D eigenvalue weighted by molar-refractivity contribution is 7.03. The van der Waals surface area contributed by atoms with Crippen molar-refractivity contribution in [1.29, 1.82) is 0 Å². The Kier molecular flexibility index (Phi) is 18.7. The second-order valence-corrected chi connectivity index (χ2v) is 33.3. The average Bonchev–Trinajstić information content (AvgIpc) is 0.675. The third-order valence-electron chi connectivity index (χ3n) is 26.1. The first kappa shape index (κ1) is 75.1. The van der Waals surface area contributed by atoms with E-state index in [1.807, 2.05) is 0 Å². The van der Waals surface area contributed by atoms with Crippen LogP contribution in [0.3, 0.4) is 0 Å². The Morgan fingerprint density at radius 1 is 0.156 bits per heavy atom. The normalized spacial score (nSPS) is 12.4. The Balaban J connectivity index is 0.890. The molecule has 0 bridgehead atoms. The maximum Gasteiger partial charge on any atom is 0.252 e. The second-order valence-electron chi connectivity index (χ2n) is 33.3. The minimum atomic E-state index is -0.384. The summed E-state index contributed by atoms with van der Waals surface area (Å²) >= 11 is 0. The predicted molar refractivity (Wildman–Crippen MR) is 542 cm³/mol. The zero-order chi connectivity index (χ0) is 84.5. The molecule has 0 aromatic heterocycles. The van der Waals surface area contributed by atoms with Crippen LogP contribution in [0.4, 0.5) is 102 Å². The lowest BCUT2D eigenvalue weighted by molar-refractivity contribution is 1.21. The van der Waals surface area contributed by atoms with Gasteiger partial charge in [-0.25, -0.2) is 0 Å². The number of para-hydroxylation sites is 10. The van der Waals surface area contributed by atoms with Crippen LogP contribution in [-0.2, 0) is 0 Å². The van der Waals surface area contributed by atoms with Crippen LogP contribution in [0.5, 0.6) is 0 Å². The molecule has 0 atom stereocenters. The Morgan fingerprint density at radius 2 is 0.422 bits per heavy atom. The number of nitrogens with zero attached hydrogens (tertiary/aromatic N) is 6. The fraction of sp³-hybridized carbons (Fsp3) is 0. The van der Waals surface area contributed by atoms with Crippen LogP contribution in [0.15, 0.2) is 497 Å². The second kappa shape index (κ2) is 31.9. The van der Waals surface area contributed by atoms with Crippen molar-refractivity contribution in [3.63, 3.8) is 0 Å². The van der Waals surface area contributed by atoms with Gasteiger partial charge < -0.3 is 29.4 Å². The van der Waals surface area contributed by atoms with Crippen molar-refractivity contribution in [2.75, 3.05) is 29.4 Å². The van der Waals surface area contributed by atoms with Crippen LogP contribution in [0.1, 0.15) is 0 Å². The van der Waals surface area contributed by atoms with E-state index in [4.69, 9.17) is 0 Å². The SMILES string of the molecule is c1ccc(-c2ccccc2N2c3cc4c(cc3B3c5ccccc5N(c5c(-c6ccccc6)cccc5-c5ccccc5)c5cc(N(c6ccccc6)c6c(-c7ccccc7)cccc6-c6ccccc6)cc2c53)B2c3ccccc3N(c3ccccc3)c3cc(N(c5ccccc5)c5ccccc5)cc(c32)N4c2c(-c3ccccc3)cccc2-c2ccccc2)cc1. The molecule has 0 spiro atoms. The van der Waals surface area contributed by atoms with Gasteiger partial charge in [0, 0.05) is 107 Å². The number of rotatable bonds is 17. The van der Waals surface area contributed by atoms with Gasteiger partial charge in [0.25, 0.3) is 13.4 Å². The summed E-state index contributed by atoms with van der Waals surface area (Å²) in [5.41, 5.74) is 41.5. The number of fused-ring (bicyclic) bond motifs is 8. The lowest BCUT2D eigenvalue weighted by Crippen LogP contribution is -2.65. The van der Waals surface area contributed by atoms with E-state index in [-0.39, 0.29) is 13.4 Å². The van der Waals surface area contributed by atoms with Crippen LogP contribution in [-0.4, -0.2) is 13.4 Å².